The number of carbonyl (C=O) groups excluding carboxylic acids is 1. The number of nitrogens with two attached hydrogens (primary N) is 1. The van der Waals surface area contributed by atoms with Crippen LogP contribution in [-0.2, 0) is 0 Å². The van der Waals surface area contributed by atoms with E-state index >= 15 is 0 Å². The number of nitrogens with zero attached hydrogens (tertiary/aromatic N) is 1. The Bertz CT molecular complexity index is 394. The zero-order chi connectivity index (χ0) is 12.3. The molecule has 0 aromatic heterocycles. The molecule has 1 rings (SSSR count). The van der Waals surface area contributed by atoms with Crippen molar-refractivity contribution >= 4 is 11.6 Å². The molecule has 0 atom stereocenters. The third kappa shape index (κ3) is 2.92. The van der Waals surface area contributed by atoms with Gasteiger partial charge in [-0.25, -0.2) is 8.78 Å². The number of benzene rings is 1. The Kier molecular flexibility index (Phi) is 3.82. The van der Waals surface area contributed by atoms with Gasteiger partial charge in [0.25, 0.3) is 12.3 Å². The third-order valence-corrected chi connectivity index (χ3v) is 2.24. The van der Waals surface area contributed by atoms with Gasteiger partial charge in [0, 0.05) is 18.3 Å². The van der Waals surface area contributed by atoms with Gasteiger partial charge in [-0.3, -0.25) is 4.79 Å². The highest BCUT2D eigenvalue weighted by atomic mass is 19.3. The van der Waals surface area contributed by atoms with Crippen molar-refractivity contribution in [3.63, 3.8) is 0 Å². The third-order valence-electron chi connectivity index (χ3n) is 2.24. The summed E-state index contributed by atoms with van der Waals surface area (Å²) in [5.41, 5.74) is 7.17. The second kappa shape index (κ2) is 4.92. The predicted octanol–water partition coefficient (Wildman–Crippen LogP) is 1.91. The minimum atomic E-state index is -2.52. The van der Waals surface area contributed by atoms with Gasteiger partial charge in [0.2, 0.25) is 0 Å². The summed E-state index contributed by atoms with van der Waals surface area (Å²) in [7, 11) is 1.35. The van der Waals surface area contributed by atoms with Gasteiger partial charge >= 0.3 is 0 Å². The topological polar surface area (TPSA) is 46.3 Å². The normalized spacial score (nSPS) is 10.6. The van der Waals surface area contributed by atoms with Gasteiger partial charge in [-0.15, -0.1) is 0 Å². The van der Waals surface area contributed by atoms with Crippen LogP contribution in [0.15, 0.2) is 18.2 Å². The SMILES string of the molecule is Cc1cc(N)ccc1C(=O)N(C)CC(F)F. The molecule has 0 unspecified atom stereocenters. The Labute approximate surface area is 92.8 Å². The molecule has 0 spiro atoms. The minimum Gasteiger partial charge on any atom is -0.399 e. The van der Waals surface area contributed by atoms with Crippen LogP contribution in [0.2, 0.25) is 0 Å². The second-order valence-electron chi connectivity index (χ2n) is 3.65. The van der Waals surface area contributed by atoms with Crippen LogP contribution in [0.4, 0.5) is 14.5 Å². The van der Waals surface area contributed by atoms with E-state index in [1.165, 1.54) is 7.05 Å². The number of nitrogen functional groups attached to an aromatic ring is 1. The average Bonchev–Trinajstić information content (AvgIpc) is 2.15. The van der Waals surface area contributed by atoms with E-state index in [4.69, 9.17) is 5.73 Å². The van der Waals surface area contributed by atoms with Crippen LogP contribution < -0.4 is 5.73 Å². The van der Waals surface area contributed by atoms with Crippen LogP contribution in [0.3, 0.4) is 0 Å². The zero-order valence-corrected chi connectivity index (χ0v) is 9.21. The number of carbonyl (C=O) groups is 1. The van der Waals surface area contributed by atoms with Gasteiger partial charge in [0.1, 0.15) is 0 Å². The van der Waals surface area contributed by atoms with Crippen LogP contribution in [-0.4, -0.2) is 30.8 Å². The summed E-state index contributed by atoms with van der Waals surface area (Å²) in [6.07, 6.45) is -2.52. The van der Waals surface area contributed by atoms with E-state index in [9.17, 15) is 13.6 Å². The first-order chi connectivity index (χ1) is 7.41. The molecular formula is C11H14F2N2O. The Morgan fingerprint density at radius 3 is 2.62 bits per heavy atom. The predicted molar refractivity (Wildman–Crippen MR) is 58.6 cm³/mol. The van der Waals surface area contributed by atoms with Crippen molar-refractivity contribution in [3.8, 4) is 0 Å². The highest BCUT2D eigenvalue weighted by Gasteiger charge is 2.17. The van der Waals surface area contributed by atoms with Gasteiger partial charge in [-0.1, -0.05) is 0 Å². The molecule has 5 heteroatoms. The number of hydrogen-bond donors (Lipinski definition) is 1. The first kappa shape index (κ1) is 12.4. The smallest absolute Gasteiger partial charge is 0.255 e. The molecule has 1 aromatic rings. The summed E-state index contributed by atoms with van der Waals surface area (Å²) in [6, 6.07) is 4.77. The molecule has 0 bridgehead atoms. The lowest BCUT2D eigenvalue weighted by atomic mass is 10.1. The molecule has 0 saturated carbocycles. The van der Waals surface area contributed by atoms with E-state index in [0.29, 0.717) is 16.8 Å². The van der Waals surface area contributed by atoms with Gasteiger partial charge in [-0.05, 0) is 30.7 Å². The standard InChI is InChI=1S/C11H14F2N2O/c1-7-5-8(14)3-4-9(7)11(16)15(2)6-10(12)13/h3-5,10H,6,14H2,1-2H3. The Balaban J connectivity index is 2.88. The van der Waals surface area contributed by atoms with E-state index in [2.05, 4.69) is 0 Å². The molecule has 0 aliphatic carbocycles. The maximum Gasteiger partial charge on any atom is 0.255 e. The number of rotatable bonds is 3. The summed E-state index contributed by atoms with van der Waals surface area (Å²) in [5.74, 6) is -0.419. The van der Waals surface area contributed by atoms with Crippen LogP contribution >= 0.6 is 0 Å². The lowest BCUT2D eigenvalue weighted by Gasteiger charge is -2.17. The summed E-state index contributed by atoms with van der Waals surface area (Å²) in [5, 5.41) is 0. The van der Waals surface area contributed by atoms with Gasteiger partial charge in [0.05, 0.1) is 6.54 Å². The molecule has 0 saturated heterocycles. The molecule has 16 heavy (non-hydrogen) atoms. The zero-order valence-electron chi connectivity index (χ0n) is 9.21. The molecule has 3 nitrogen and oxygen atoms in total. The average molecular weight is 228 g/mol. The fourth-order valence-corrected chi connectivity index (χ4v) is 1.42. The second-order valence-corrected chi connectivity index (χ2v) is 3.65. The van der Waals surface area contributed by atoms with Crippen molar-refractivity contribution in [1.82, 2.24) is 4.90 Å². The van der Waals surface area contributed by atoms with Gasteiger partial charge < -0.3 is 10.6 Å². The molecule has 0 fully saturated rings. The Morgan fingerprint density at radius 1 is 1.50 bits per heavy atom. The monoisotopic (exact) mass is 228 g/mol. The largest absolute Gasteiger partial charge is 0.399 e. The highest BCUT2D eigenvalue weighted by molar-refractivity contribution is 5.95. The first-order valence-electron chi connectivity index (χ1n) is 4.81. The van der Waals surface area contributed by atoms with E-state index in [0.717, 1.165) is 4.90 Å². The van der Waals surface area contributed by atoms with Crippen LogP contribution in [0.1, 0.15) is 15.9 Å². The minimum absolute atomic E-state index is 0.400. The lowest BCUT2D eigenvalue weighted by Crippen LogP contribution is -2.31. The van der Waals surface area contributed by atoms with Crippen LogP contribution in [0.5, 0.6) is 0 Å². The Morgan fingerprint density at radius 2 is 2.12 bits per heavy atom. The first-order valence-corrected chi connectivity index (χ1v) is 4.81. The molecule has 0 radical (unpaired) electrons. The van der Waals surface area contributed by atoms with Crippen molar-refractivity contribution in [2.45, 2.75) is 13.3 Å². The molecule has 0 aliphatic rings. The van der Waals surface area contributed by atoms with Crippen molar-refractivity contribution < 1.29 is 13.6 Å². The summed E-state index contributed by atoms with van der Waals surface area (Å²) in [4.78, 5) is 12.8. The van der Waals surface area contributed by atoms with E-state index in [1.54, 1.807) is 25.1 Å². The maximum absolute atomic E-state index is 12.1. The molecule has 88 valence electrons. The molecular weight excluding hydrogens is 214 g/mol. The number of hydrogen-bond acceptors (Lipinski definition) is 2. The lowest BCUT2D eigenvalue weighted by molar-refractivity contribution is 0.0619. The molecule has 1 amide bonds. The summed E-state index contributed by atoms with van der Waals surface area (Å²) >= 11 is 0. The van der Waals surface area contributed by atoms with Gasteiger partial charge in [0.15, 0.2) is 0 Å². The van der Waals surface area contributed by atoms with Crippen LogP contribution in [0.25, 0.3) is 0 Å². The van der Waals surface area contributed by atoms with Gasteiger partial charge in [-0.2, -0.15) is 0 Å². The molecule has 0 heterocycles. The molecule has 2 N–H and O–H groups in total. The van der Waals surface area contributed by atoms with Crippen molar-refractivity contribution in [2.24, 2.45) is 0 Å². The number of halogens is 2. The van der Waals surface area contributed by atoms with Crippen LogP contribution in [0, 0.1) is 6.92 Å². The molecule has 0 aliphatic heterocycles. The number of alkyl halides is 2. The molecule has 1 aromatic carbocycles. The Hall–Kier alpha value is -1.65. The van der Waals surface area contributed by atoms with E-state index in [-0.39, 0.29) is 0 Å². The quantitative estimate of drug-likeness (QED) is 0.803. The number of amides is 1. The fraction of sp³-hybridized carbons (Fsp3) is 0.364. The van der Waals surface area contributed by atoms with Crippen molar-refractivity contribution in [2.75, 3.05) is 19.3 Å². The highest BCUT2D eigenvalue weighted by Crippen LogP contribution is 2.14. The number of aryl methyl sites for hydroxylation is 1. The fourth-order valence-electron chi connectivity index (χ4n) is 1.42. The maximum atomic E-state index is 12.1. The van der Waals surface area contributed by atoms with Crippen molar-refractivity contribution in [1.29, 1.82) is 0 Å². The van der Waals surface area contributed by atoms with Crippen molar-refractivity contribution in [3.05, 3.63) is 29.3 Å². The van der Waals surface area contributed by atoms with E-state index < -0.39 is 18.9 Å². The summed E-state index contributed by atoms with van der Waals surface area (Å²) < 4.78 is 24.2. The van der Waals surface area contributed by atoms with E-state index in [1.807, 2.05) is 0 Å². The summed E-state index contributed by atoms with van der Waals surface area (Å²) in [6.45, 7) is 1.16. The number of anilines is 1.